The highest BCUT2D eigenvalue weighted by Crippen LogP contribution is 2.13. The summed E-state index contributed by atoms with van der Waals surface area (Å²) in [5.74, 6) is 0.0856. The molecule has 1 aromatic rings. The first-order valence-electron chi connectivity index (χ1n) is 7.38. The summed E-state index contributed by atoms with van der Waals surface area (Å²) in [6.45, 7) is 3.79. The van der Waals surface area contributed by atoms with Gasteiger partial charge in [0.05, 0.1) is 0 Å². The van der Waals surface area contributed by atoms with Gasteiger partial charge in [-0.05, 0) is 49.4 Å². The molecule has 0 saturated carbocycles. The summed E-state index contributed by atoms with van der Waals surface area (Å²) in [6, 6.07) is 7.02. The van der Waals surface area contributed by atoms with Gasteiger partial charge in [0.15, 0.2) is 0 Å². The Morgan fingerprint density at radius 2 is 2.40 bits per heavy atom. The molecule has 0 bridgehead atoms. The molecule has 1 fully saturated rings. The van der Waals surface area contributed by atoms with Crippen molar-refractivity contribution < 1.29 is 9.18 Å². The van der Waals surface area contributed by atoms with Crippen molar-refractivity contribution in [3.8, 4) is 0 Å². The lowest BCUT2D eigenvalue weighted by atomic mass is 9.97. The van der Waals surface area contributed by atoms with Crippen molar-refractivity contribution in [2.45, 2.75) is 38.6 Å². The third kappa shape index (κ3) is 4.93. The molecule has 2 atom stereocenters. The van der Waals surface area contributed by atoms with Gasteiger partial charge in [-0.2, -0.15) is 0 Å². The monoisotopic (exact) mass is 278 g/mol. The number of rotatable bonds is 6. The third-order valence-electron chi connectivity index (χ3n) is 3.72. The molecule has 1 aromatic carbocycles. The molecule has 2 N–H and O–H groups in total. The van der Waals surface area contributed by atoms with E-state index < -0.39 is 0 Å². The van der Waals surface area contributed by atoms with Crippen molar-refractivity contribution in [3.05, 3.63) is 35.6 Å². The molecule has 1 heterocycles. The number of hydrogen-bond donors (Lipinski definition) is 2. The Hall–Kier alpha value is -1.42. The lowest BCUT2D eigenvalue weighted by Crippen LogP contribution is -2.37. The Labute approximate surface area is 120 Å². The largest absolute Gasteiger partial charge is 0.355 e. The predicted octanol–water partition coefficient (Wildman–Crippen LogP) is 2.26. The number of halogens is 1. The Morgan fingerprint density at radius 1 is 1.55 bits per heavy atom. The molecule has 110 valence electrons. The zero-order chi connectivity index (χ0) is 14.4. The minimum Gasteiger partial charge on any atom is -0.355 e. The highest BCUT2D eigenvalue weighted by Gasteiger charge is 2.16. The van der Waals surface area contributed by atoms with Crippen molar-refractivity contribution in [1.29, 1.82) is 0 Å². The standard InChI is InChI=1S/C16H23FN2O/c1-12(8-13-4-2-5-14(17)10-13)9-16(20)19-11-15-6-3-7-18-15/h2,4-5,10,12,15,18H,3,6-9,11H2,1H3,(H,19,20). The summed E-state index contributed by atoms with van der Waals surface area (Å²) in [4.78, 5) is 11.9. The predicted molar refractivity (Wildman–Crippen MR) is 77.9 cm³/mol. The molecular weight excluding hydrogens is 255 g/mol. The van der Waals surface area contributed by atoms with Gasteiger partial charge in [-0.3, -0.25) is 4.79 Å². The maximum Gasteiger partial charge on any atom is 0.220 e. The first-order valence-corrected chi connectivity index (χ1v) is 7.38. The fraction of sp³-hybridized carbons (Fsp3) is 0.562. The van der Waals surface area contributed by atoms with Gasteiger partial charge in [0.2, 0.25) is 5.91 Å². The quantitative estimate of drug-likeness (QED) is 0.838. The fourth-order valence-electron chi connectivity index (χ4n) is 2.70. The Kier molecular flexibility index (Phi) is 5.53. The van der Waals surface area contributed by atoms with E-state index in [1.54, 1.807) is 6.07 Å². The van der Waals surface area contributed by atoms with E-state index in [9.17, 15) is 9.18 Å². The maximum absolute atomic E-state index is 13.1. The molecule has 1 amide bonds. The third-order valence-corrected chi connectivity index (χ3v) is 3.72. The lowest BCUT2D eigenvalue weighted by molar-refractivity contribution is -0.121. The van der Waals surface area contributed by atoms with E-state index in [1.165, 1.54) is 18.6 Å². The number of hydrogen-bond acceptors (Lipinski definition) is 2. The van der Waals surface area contributed by atoms with E-state index in [4.69, 9.17) is 0 Å². The van der Waals surface area contributed by atoms with Gasteiger partial charge in [-0.1, -0.05) is 19.1 Å². The summed E-state index contributed by atoms with van der Waals surface area (Å²) in [6.07, 6.45) is 3.55. The van der Waals surface area contributed by atoms with Crippen molar-refractivity contribution in [3.63, 3.8) is 0 Å². The van der Waals surface area contributed by atoms with E-state index in [2.05, 4.69) is 10.6 Å². The molecule has 0 aliphatic carbocycles. The van der Waals surface area contributed by atoms with Gasteiger partial charge >= 0.3 is 0 Å². The van der Waals surface area contributed by atoms with Crippen molar-refractivity contribution in [2.24, 2.45) is 5.92 Å². The molecule has 1 aliphatic heterocycles. The average molecular weight is 278 g/mol. The van der Waals surface area contributed by atoms with E-state index in [-0.39, 0.29) is 17.6 Å². The van der Waals surface area contributed by atoms with E-state index in [1.807, 2.05) is 13.0 Å². The molecule has 0 aromatic heterocycles. The van der Waals surface area contributed by atoms with Gasteiger partial charge in [0, 0.05) is 19.0 Å². The van der Waals surface area contributed by atoms with Gasteiger partial charge in [0.1, 0.15) is 5.82 Å². The molecular formula is C16H23FN2O. The molecule has 0 spiro atoms. The van der Waals surface area contributed by atoms with Crippen LogP contribution in [0.25, 0.3) is 0 Å². The van der Waals surface area contributed by atoms with Gasteiger partial charge in [-0.15, -0.1) is 0 Å². The summed E-state index contributed by atoms with van der Waals surface area (Å²) >= 11 is 0. The smallest absolute Gasteiger partial charge is 0.220 e. The van der Waals surface area contributed by atoms with Crippen LogP contribution in [0.1, 0.15) is 31.7 Å². The highest BCUT2D eigenvalue weighted by molar-refractivity contribution is 5.76. The molecule has 4 heteroatoms. The van der Waals surface area contributed by atoms with Crippen LogP contribution >= 0.6 is 0 Å². The number of benzene rings is 1. The van der Waals surface area contributed by atoms with E-state index in [0.717, 1.165) is 24.9 Å². The van der Waals surface area contributed by atoms with Crippen LogP contribution in [0.5, 0.6) is 0 Å². The van der Waals surface area contributed by atoms with Crippen LogP contribution in [0, 0.1) is 11.7 Å². The Morgan fingerprint density at radius 3 is 3.10 bits per heavy atom. The van der Waals surface area contributed by atoms with Crippen LogP contribution in [-0.4, -0.2) is 25.0 Å². The van der Waals surface area contributed by atoms with Crippen molar-refractivity contribution in [2.75, 3.05) is 13.1 Å². The average Bonchev–Trinajstić information content (AvgIpc) is 2.89. The second kappa shape index (κ2) is 7.39. The summed E-state index contributed by atoms with van der Waals surface area (Å²) < 4.78 is 13.1. The van der Waals surface area contributed by atoms with Crippen LogP contribution in [0.3, 0.4) is 0 Å². The number of carbonyl (C=O) groups excluding carboxylic acids is 1. The molecule has 2 unspecified atom stereocenters. The van der Waals surface area contributed by atoms with E-state index in [0.29, 0.717) is 19.0 Å². The zero-order valence-corrected chi connectivity index (χ0v) is 12.0. The highest BCUT2D eigenvalue weighted by atomic mass is 19.1. The van der Waals surface area contributed by atoms with Crippen LogP contribution in [0.2, 0.25) is 0 Å². The molecule has 2 rings (SSSR count). The number of carbonyl (C=O) groups is 1. The second-order valence-corrected chi connectivity index (χ2v) is 5.74. The summed E-state index contributed by atoms with van der Waals surface area (Å²) in [7, 11) is 0. The van der Waals surface area contributed by atoms with Crippen LogP contribution in [0.15, 0.2) is 24.3 Å². The SMILES string of the molecule is CC(CC(=O)NCC1CCCN1)Cc1cccc(F)c1. The van der Waals surface area contributed by atoms with Gasteiger partial charge < -0.3 is 10.6 Å². The van der Waals surface area contributed by atoms with Gasteiger partial charge in [-0.25, -0.2) is 4.39 Å². The maximum atomic E-state index is 13.1. The molecule has 3 nitrogen and oxygen atoms in total. The Bertz CT molecular complexity index is 444. The lowest BCUT2D eigenvalue weighted by Gasteiger charge is -2.14. The Balaban J connectivity index is 1.70. The van der Waals surface area contributed by atoms with Crippen LogP contribution in [-0.2, 0) is 11.2 Å². The normalized spacial score (nSPS) is 19.8. The zero-order valence-electron chi connectivity index (χ0n) is 12.0. The molecule has 1 aliphatic rings. The molecule has 0 radical (unpaired) electrons. The van der Waals surface area contributed by atoms with Crippen molar-refractivity contribution in [1.82, 2.24) is 10.6 Å². The minimum absolute atomic E-state index is 0.0857. The van der Waals surface area contributed by atoms with Crippen molar-refractivity contribution >= 4 is 5.91 Å². The summed E-state index contributed by atoms with van der Waals surface area (Å²) in [5, 5.41) is 6.33. The second-order valence-electron chi connectivity index (χ2n) is 5.74. The van der Waals surface area contributed by atoms with Crippen LogP contribution in [0.4, 0.5) is 4.39 Å². The minimum atomic E-state index is -0.216. The molecule has 1 saturated heterocycles. The first kappa shape index (κ1) is 15.0. The van der Waals surface area contributed by atoms with E-state index >= 15 is 0 Å². The number of amides is 1. The fourth-order valence-corrected chi connectivity index (χ4v) is 2.70. The summed E-state index contributed by atoms with van der Waals surface area (Å²) in [5.41, 5.74) is 0.947. The first-order chi connectivity index (χ1) is 9.63. The van der Waals surface area contributed by atoms with Crippen LogP contribution < -0.4 is 10.6 Å². The molecule has 20 heavy (non-hydrogen) atoms. The number of nitrogens with one attached hydrogen (secondary N) is 2. The topological polar surface area (TPSA) is 41.1 Å². The van der Waals surface area contributed by atoms with Gasteiger partial charge in [0.25, 0.3) is 0 Å².